The van der Waals surface area contributed by atoms with Crippen LogP contribution in [0.15, 0.2) is 24.3 Å². The number of nitrogens with two attached hydrogens (primary N) is 2. The van der Waals surface area contributed by atoms with Crippen LogP contribution < -0.4 is 21.7 Å². The molecule has 8 heteroatoms. The quantitative estimate of drug-likeness (QED) is 0.179. The molecule has 0 spiro atoms. The molecule has 0 bridgehead atoms. The van der Waals surface area contributed by atoms with Crippen molar-refractivity contribution in [1.82, 2.24) is 5.43 Å². The third kappa shape index (κ3) is 4.34. The number of para-hydroxylation sites is 1. The summed E-state index contributed by atoms with van der Waals surface area (Å²) in [6.45, 7) is 0. The van der Waals surface area contributed by atoms with Gasteiger partial charge >= 0.3 is 11.9 Å². The summed E-state index contributed by atoms with van der Waals surface area (Å²) in [5.41, 5.74) is 7.30. The van der Waals surface area contributed by atoms with Crippen LogP contribution in [0, 0.1) is 0 Å². The van der Waals surface area contributed by atoms with Gasteiger partial charge < -0.3 is 15.6 Å². The van der Waals surface area contributed by atoms with Gasteiger partial charge in [0.25, 0.3) is 5.91 Å². The van der Waals surface area contributed by atoms with E-state index in [1.165, 1.54) is 12.1 Å². The molecule has 8 nitrogen and oxygen atoms in total. The number of ether oxygens (including phenoxy) is 1. The third-order valence-corrected chi connectivity index (χ3v) is 2.46. The Labute approximate surface area is 114 Å². The molecule has 0 aliphatic heterocycles. The maximum Gasteiger partial charge on any atom is 0.320 e. The molecule has 6 N–H and O–H groups in total. The molecule has 1 aromatic carbocycles. The van der Waals surface area contributed by atoms with Crippen molar-refractivity contribution in [3.8, 4) is 5.75 Å². The Hall–Kier alpha value is -2.45. The fourth-order valence-corrected chi connectivity index (χ4v) is 1.39. The molecular weight excluding hydrogens is 266 g/mol. The molecule has 1 rings (SSSR count). The van der Waals surface area contributed by atoms with Crippen LogP contribution in [0.5, 0.6) is 5.75 Å². The topological polar surface area (TPSA) is 145 Å². The first-order chi connectivity index (χ1) is 9.45. The summed E-state index contributed by atoms with van der Waals surface area (Å²) in [6.07, 6.45) is -0.231. The van der Waals surface area contributed by atoms with Gasteiger partial charge in [0.2, 0.25) is 0 Å². The van der Waals surface area contributed by atoms with E-state index in [1.54, 1.807) is 12.1 Å². The summed E-state index contributed by atoms with van der Waals surface area (Å²) >= 11 is 0. The zero-order valence-corrected chi connectivity index (χ0v) is 10.5. The highest BCUT2D eigenvalue weighted by Crippen LogP contribution is 2.18. The molecule has 0 fully saturated rings. The number of hydrazine groups is 1. The van der Waals surface area contributed by atoms with Crippen LogP contribution in [0.2, 0.25) is 0 Å². The molecule has 20 heavy (non-hydrogen) atoms. The standard InChI is InChI=1S/C12H15N3O5/c13-8(12(18)19)5-6-10(16)20-9-4-2-1-3-7(9)11(17)15-14/h1-4,8H,5-6,13-14H2,(H,15,17)(H,18,19)/t8-/m0/s1. The highest BCUT2D eigenvalue weighted by molar-refractivity contribution is 5.97. The number of carbonyl (C=O) groups is 3. The van der Waals surface area contributed by atoms with Crippen molar-refractivity contribution in [2.24, 2.45) is 11.6 Å². The Kier molecular flexibility index (Phi) is 5.63. The second-order valence-electron chi connectivity index (χ2n) is 3.93. The fourth-order valence-electron chi connectivity index (χ4n) is 1.39. The monoisotopic (exact) mass is 281 g/mol. The van der Waals surface area contributed by atoms with Gasteiger partial charge in [-0.25, -0.2) is 5.84 Å². The van der Waals surface area contributed by atoms with Gasteiger partial charge in [0, 0.05) is 6.42 Å². The molecule has 0 unspecified atom stereocenters. The van der Waals surface area contributed by atoms with Crippen LogP contribution in [0.1, 0.15) is 23.2 Å². The number of carbonyl (C=O) groups excluding carboxylic acids is 2. The Morgan fingerprint density at radius 2 is 1.95 bits per heavy atom. The molecule has 0 aliphatic carbocycles. The Balaban J connectivity index is 2.67. The van der Waals surface area contributed by atoms with E-state index in [0.717, 1.165) is 0 Å². The molecule has 108 valence electrons. The molecule has 0 saturated carbocycles. The van der Waals surface area contributed by atoms with E-state index in [2.05, 4.69) is 0 Å². The molecule has 0 aromatic heterocycles. The number of benzene rings is 1. The number of hydrogen-bond acceptors (Lipinski definition) is 6. The average Bonchev–Trinajstić information content (AvgIpc) is 2.44. The predicted octanol–water partition coefficient (Wildman–Crippen LogP) is -0.612. The number of hydrogen-bond donors (Lipinski definition) is 4. The molecule has 0 heterocycles. The molecule has 1 atom stereocenters. The minimum absolute atomic E-state index is 0.0457. The number of aliphatic carboxylic acids is 1. The number of nitrogens with one attached hydrogen (secondary N) is 1. The van der Waals surface area contributed by atoms with Crippen molar-refractivity contribution in [1.29, 1.82) is 0 Å². The van der Waals surface area contributed by atoms with Crippen molar-refractivity contribution in [3.63, 3.8) is 0 Å². The molecular formula is C12H15N3O5. The van der Waals surface area contributed by atoms with E-state index < -0.39 is 23.9 Å². The van der Waals surface area contributed by atoms with Crippen LogP contribution in [-0.4, -0.2) is 29.0 Å². The molecule has 0 radical (unpaired) electrons. The first kappa shape index (κ1) is 15.6. The lowest BCUT2D eigenvalue weighted by Crippen LogP contribution is -2.31. The van der Waals surface area contributed by atoms with Gasteiger partial charge in [-0.3, -0.25) is 19.8 Å². The maximum atomic E-state index is 11.6. The number of carboxylic acid groups (broad SMARTS) is 1. The first-order valence-corrected chi connectivity index (χ1v) is 5.74. The highest BCUT2D eigenvalue weighted by atomic mass is 16.5. The largest absolute Gasteiger partial charge is 0.480 e. The van der Waals surface area contributed by atoms with Crippen LogP contribution in [0.25, 0.3) is 0 Å². The smallest absolute Gasteiger partial charge is 0.320 e. The minimum Gasteiger partial charge on any atom is -0.480 e. The highest BCUT2D eigenvalue weighted by Gasteiger charge is 2.17. The van der Waals surface area contributed by atoms with E-state index in [9.17, 15) is 14.4 Å². The molecule has 1 amide bonds. The SMILES string of the molecule is NNC(=O)c1ccccc1OC(=O)CC[C@H](N)C(=O)O. The van der Waals surface area contributed by atoms with Gasteiger partial charge in [0.15, 0.2) is 0 Å². The van der Waals surface area contributed by atoms with E-state index >= 15 is 0 Å². The van der Waals surface area contributed by atoms with Crippen molar-refractivity contribution >= 4 is 17.8 Å². The van der Waals surface area contributed by atoms with E-state index in [0.29, 0.717) is 0 Å². The lowest BCUT2D eigenvalue weighted by atomic mass is 10.1. The van der Waals surface area contributed by atoms with Gasteiger partial charge in [-0.15, -0.1) is 0 Å². The van der Waals surface area contributed by atoms with Crippen molar-refractivity contribution in [2.45, 2.75) is 18.9 Å². The third-order valence-electron chi connectivity index (χ3n) is 2.46. The first-order valence-electron chi connectivity index (χ1n) is 5.74. The number of amides is 1. The van der Waals surface area contributed by atoms with Gasteiger partial charge in [0.1, 0.15) is 11.8 Å². The zero-order valence-electron chi connectivity index (χ0n) is 10.5. The summed E-state index contributed by atoms with van der Waals surface area (Å²) in [5.74, 6) is 2.58. The second-order valence-corrected chi connectivity index (χ2v) is 3.93. The number of esters is 1. The van der Waals surface area contributed by atoms with Gasteiger partial charge in [0.05, 0.1) is 5.56 Å². The maximum absolute atomic E-state index is 11.6. The Morgan fingerprint density at radius 3 is 2.55 bits per heavy atom. The average molecular weight is 281 g/mol. The Bertz CT molecular complexity index is 518. The zero-order chi connectivity index (χ0) is 15.1. The Morgan fingerprint density at radius 1 is 1.30 bits per heavy atom. The fraction of sp³-hybridized carbons (Fsp3) is 0.250. The van der Waals surface area contributed by atoms with Crippen molar-refractivity contribution in [2.75, 3.05) is 0 Å². The van der Waals surface area contributed by atoms with Crippen molar-refractivity contribution < 1.29 is 24.2 Å². The molecule has 0 saturated heterocycles. The number of rotatable bonds is 6. The van der Waals surface area contributed by atoms with Crippen LogP contribution >= 0.6 is 0 Å². The van der Waals surface area contributed by atoms with Gasteiger partial charge in [-0.2, -0.15) is 0 Å². The van der Waals surface area contributed by atoms with E-state index in [-0.39, 0.29) is 24.2 Å². The summed E-state index contributed by atoms with van der Waals surface area (Å²) in [5, 5.41) is 8.59. The predicted molar refractivity (Wildman–Crippen MR) is 68.6 cm³/mol. The number of nitrogen functional groups attached to an aromatic ring is 1. The summed E-state index contributed by atoms with van der Waals surface area (Å²) in [7, 11) is 0. The van der Waals surface area contributed by atoms with Crippen LogP contribution in [-0.2, 0) is 9.59 Å². The van der Waals surface area contributed by atoms with E-state index in [1.807, 2.05) is 5.43 Å². The van der Waals surface area contributed by atoms with Crippen LogP contribution in [0.3, 0.4) is 0 Å². The minimum atomic E-state index is -1.19. The van der Waals surface area contributed by atoms with E-state index in [4.69, 9.17) is 21.4 Å². The normalized spacial score (nSPS) is 11.5. The lowest BCUT2D eigenvalue weighted by molar-refractivity contribution is -0.139. The lowest BCUT2D eigenvalue weighted by Gasteiger charge is -2.09. The molecule has 0 aliphatic rings. The van der Waals surface area contributed by atoms with Crippen LogP contribution in [0.4, 0.5) is 0 Å². The van der Waals surface area contributed by atoms with Gasteiger partial charge in [-0.05, 0) is 18.6 Å². The van der Waals surface area contributed by atoms with Gasteiger partial charge in [-0.1, -0.05) is 12.1 Å². The molecule has 1 aromatic rings. The summed E-state index contributed by atoms with van der Waals surface area (Å²) in [6, 6.07) is 4.90. The second kappa shape index (κ2) is 7.22. The summed E-state index contributed by atoms with van der Waals surface area (Å²) in [4.78, 5) is 33.5. The number of carboxylic acids is 1. The van der Waals surface area contributed by atoms with Crippen molar-refractivity contribution in [3.05, 3.63) is 29.8 Å². The summed E-state index contributed by atoms with van der Waals surface area (Å²) < 4.78 is 4.99.